The summed E-state index contributed by atoms with van der Waals surface area (Å²) in [5, 5.41) is -0.508. The van der Waals surface area contributed by atoms with E-state index in [1.54, 1.807) is 0 Å². The van der Waals surface area contributed by atoms with Crippen molar-refractivity contribution >= 4 is 46.0 Å². The number of alkyl halides is 2. The first kappa shape index (κ1) is 19.0. The van der Waals surface area contributed by atoms with Crippen molar-refractivity contribution in [2.24, 2.45) is 0 Å². The van der Waals surface area contributed by atoms with Crippen molar-refractivity contribution in [3.8, 4) is 0 Å². The highest BCUT2D eigenvalue weighted by Gasteiger charge is 2.15. The molecular formula is C13H22Cl3NO2. The maximum Gasteiger partial charge on any atom is 0.237 e. The third-order valence-electron chi connectivity index (χ3n) is 2.93. The molecule has 1 amide bonds. The third kappa shape index (κ3) is 11.5. The van der Waals surface area contributed by atoms with Gasteiger partial charge in [-0.3, -0.25) is 9.59 Å². The Morgan fingerprint density at radius 3 is 1.42 bits per heavy atom. The predicted molar refractivity (Wildman–Crippen MR) is 81.2 cm³/mol. The normalized spacial score (nSPS) is 17.1. The van der Waals surface area contributed by atoms with E-state index in [-0.39, 0.29) is 17.7 Å². The molecule has 1 saturated carbocycles. The van der Waals surface area contributed by atoms with Gasteiger partial charge in [0.25, 0.3) is 0 Å². The standard InChI is InChI=1S/C6H10ClNO.C5H10.C2H2Cl2O/c7-5-6(9)8-3-1-2-4-8;1-2-4-5-3-1;3-1-2(4)5/h1-5H2;1-5H2;1H2. The number of amides is 1. The van der Waals surface area contributed by atoms with Crippen molar-refractivity contribution in [2.45, 2.75) is 44.9 Å². The molecule has 0 radical (unpaired) electrons. The molecule has 19 heavy (non-hydrogen) atoms. The van der Waals surface area contributed by atoms with E-state index in [9.17, 15) is 9.59 Å². The lowest BCUT2D eigenvalue weighted by atomic mass is 10.4. The second kappa shape index (κ2) is 13.0. The van der Waals surface area contributed by atoms with Gasteiger partial charge in [-0.25, -0.2) is 0 Å². The molecule has 0 bridgehead atoms. The first-order chi connectivity index (χ1) is 9.11. The Morgan fingerprint density at radius 2 is 1.16 bits per heavy atom. The van der Waals surface area contributed by atoms with Gasteiger partial charge in [-0.15, -0.1) is 23.2 Å². The molecule has 1 heterocycles. The van der Waals surface area contributed by atoms with E-state index >= 15 is 0 Å². The molecule has 0 unspecified atom stereocenters. The largest absolute Gasteiger partial charge is 0.342 e. The number of rotatable bonds is 2. The molecule has 1 aliphatic heterocycles. The predicted octanol–water partition coefficient (Wildman–Crippen LogP) is 3.79. The van der Waals surface area contributed by atoms with Crippen molar-refractivity contribution in [3.05, 3.63) is 0 Å². The van der Waals surface area contributed by atoms with Gasteiger partial charge in [-0.2, -0.15) is 0 Å². The number of likely N-dealkylation sites (tertiary alicyclic amines) is 1. The second-order valence-electron chi connectivity index (χ2n) is 4.48. The average Bonchev–Trinajstić information content (AvgIpc) is 3.13. The Bertz CT molecular complexity index is 245. The molecule has 0 N–H and O–H groups in total. The van der Waals surface area contributed by atoms with E-state index in [1.165, 1.54) is 32.1 Å². The van der Waals surface area contributed by atoms with Crippen LogP contribution in [-0.4, -0.2) is 40.9 Å². The molecule has 0 aromatic carbocycles. The lowest BCUT2D eigenvalue weighted by molar-refractivity contribution is -0.127. The van der Waals surface area contributed by atoms with Crippen LogP contribution in [0.5, 0.6) is 0 Å². The average molecular weight is 331 g/mol. The summed E-state index contributed by atoms with van der Waals surface area (Å²) in [6.07, 6.45) is 9.78. The fourth-order valence-electron chi connectivity index (χ4n) is 1.93. The van der Waals surface area contributed by atoms with Gasteiger partial charge in [-0.1, -0.05) is 32.1 Å². The van der Waals surface area contributed by atoms with Gasteiger partial charge in [0.2, 0.25) is 11.1 Å². The van der Waals surface area contributed by atoms with E-state index < -0.39 is 5.24 Å². The zero-order chi connectivity index (χ0) is 14.5. The maximum atomic E-state index is 10.8. The van der Waals surface area contributed by atoms with Crippen LogP contribution in [-0.2, 0) is 9.59 Å². The molecule has 112 valence electrons. The molecule has 6 heteroatoms. The van der Waals surface area contributed by atoms with Gasteiger partial charge < -0.3 is 4.90 Å². The molecule has 2 aliphatic rings. The Balaban J connectivity index is 0.000000278. The summed E-state index contributed by atoms with van der Waals surface area (Å²) >= 11 is 14.9. The lowest BCUT2D eigenvalue weighted by Gasteiger charge is -2.11. The highest BCUT2D eigenvalue weighted by atomic mass is 35.5. The Labute approximate surface area is 130 Å². The van der Waals surface area contributed by atoms with Crippen LogP contribution in [0.3, 0.4) is 0 Å². The summed E-state index contributed by atoms with van der Waals surface area (Å²) in [5.74, 6) is 0.121. The second-order valence-corrected chi connectivity index (χ2v) is 5.43. The van der Waals surface area contributed by atoms with Crippen LogP contribution < -0.4 is 0 Å². The quantitative estimate of drug-likeness (QED) is 0.570. The number of carbonyl (C=O) groups excluding carboxylic acids is 2. The molecule has 1 saturated heterocycles. The van der Waals surface area contributed by atoms with Gasteiger partial charge in [0.15, 0.2) is 0 Å². The van der Waals surface area contributed by atoms with Crippen LogP contribution in [0.25, 0.3) is 0 Å². The zero-order valence-electron chi connectivity index (χ0n) is 11.2. The van der Waals surface area contributed by atoms with Gasteiger partial charge in [0.1, 0.15) is 5.88 Å². The van der Waals surface area contributed by atoms with E-state index in [1.807, 2.05) is 4.90 Å². The summed E-state index contributed by atoms with van der Waals surface area (Å²) in [4.78, 5) is 22.1. The molecule has 0 aromatic rings. The number of carbonyl (C=O) groups is 2. The molecule has 0 aromatic heterocycles. The first-order valence-electron chi connectivity index (χ1n) is 6.69. The highest BCUT2D eigenvalue weighted by Crippen LogP contribution is 2.15. The fraction of sp³-hybridized carbons (Fsp3) is 0.846. The maximum absolute atomic E-state index is 10.8. The Kier molecular flexibility index (Phi) is 13.0. The number of nitrogens with zero attached hydrogens (tertiary/aromatic N) is 1. The van der Waals surface area contributed by atoms with E-state index in [4.69, 9.17) is 34.8 Å². The lowest BCUT2D eigenvalue weighted by Crippen LogP contribution is -2.28. The number of halogens is 3. The van der Waals surface area contributed by atoms with Gasteiger partial charge in [0, 0.05) is 13.1 Å². The molecular weight excluding hydrogens is 309 g/mol. The summed E-state index contributed by atoms with van der Waals surface area (Å²) in [6, 6.07) is 0. The third-order valence-corrected chi connectivity index (χ3v) is 3.67. The summed E-state index contributed by atoms with van der Waals surface area (Å²) in [7, 11) is 0. The summed E-state index contributed by atoms with van der Waals surface area (Å²) < 4.78 is 0. The van der Waals surface area contributed by atoms with Gasteiger partial charge in [-0.05, 0) is 24.4 Å². The molecule has 3 nitrogen and oxygen atoms in total. The fourth-order valence-corrected chi connectivity index (χ4v) is 2.10. The molecule has 2 rings (SSSR count). The van der Waals surface area contributed by atoms with Gasteiger partial charge in [0.05, 0.1) is 5.88 Å². The van der Waals surface area contributed by atoms with Crippen molar-refractivity contribution in [2.75, 3.05) is 24.8 Å². The highest BCUT2D eigenvalue weighted by molar-refractivity contribution is 6.67. The molecule has 0 spiro atoms. The van der Waals surface area contributed by atoms with Crippen molar-refractivity contribution in [1.29, 1.82) is 0 Å². The van der Waals surface area contributed by atoms with Crippen LogP contribution in [0.1, 0.15) is 44.9 Å². The number of hydrogen-bond donors (Lipinski definition) is 0. The summed E-state index contributed by atoms with van der Waals surface area (Å²) in [5.41, 5.74) is 0. The van der Waals surface area contributed by atoms with E-state index in [2.05, 4.69) is 0 Å². The van der Waals surface area contributed by atoms with E-state index in [0.29, 0.717) is 0 Å². The smallest absolute Gasteiger partial charge is 0.237 e. The Hall–Kier alpha value is 0.01000. The minimum absolute atomic E-state index is 0.0779. The van der Waals surface area contributed by atoms with Crippen LogP contribution in [0, 0.1) is 0 Å². The summed E-state index contributed by atoms with van der Waals surface area (Å²) in [6.45, 7) is 1.82. The minimum Gasteiger partial charge on any atom is -0.342 e. The Morgan fingerprint density at radius 1 is 0.789 bits per heavy atom. The van der Waals surface area contributed by atoms with Crippen molar-refractivity contribution < 1.29 is 9.59 Å². The van der Waals surface area contributed by atoms with E-state index in [0.717, 1.165) is 25.9 Å². The van der Waals surface area contributed by atoms with Gasteiger partial charge >= 0.3 is 0 Å². The molecule has 1 aliphatic carbocycles. The minimum atomic E-state index is -0.508. The van der Waals surface area contributed by atoms with Crippen molar-refractivity contribution in [1.82, 2.24) is 4.90 Å². The zero-order valence-corrected chi connectivity index (χ0v) is 13.4. The topological polar surface area (TPSA) is 37.4 Å². The van der Waals surface area contributed by atoms with Crippen LogP contribution in [0.15, 0.2) is 0 Å². The van der Waals surface area contributed by atoms with Crippen LogP contribution in [0.4, 0.5) is 0 Å². The van der Waals surface area contributed by atoms with Crippen LogP contribution in [0.2, 0.25) is 0 Å². The monoisotopic (exact) mass is 329 g/mol. The molecule has 2 fully saturated rings. The SMILES string of the molecule is C1CCCC1.O=C(CCl)N1CCCC1.O=C(Cl)CCl. The van der Waals surface area contributed by atoms with Crippen LogP contribution >= 0.6 is 34.8 Å². The first-order valence-corrected chi connectivity index (χ1v) is 8.14. The number of hydrogen-bond acceptors (Lipinski definition) is 2. The van der Waals surface area contributed by atoms with Crippen molar-refractivity contribution in [3.63, 3.8) is 0 Å². The molecule has 0 atom stereocenters.